The summed E-state index contributed by atoms with van der Waals surface area (Å²) in [6.45, 7) is 4.05. The zero-order chi connectivity index (χ0) is 21.3. The summed E-state index contributed by atoms with van der Waals surface area (Å²) in [5.74, 6) is -0.156. The molecule has 4 rings (SSSR count). The molecule has 3 aliphatic rings. The number of hydrogen-bond donors (Lipinski definition) is 2. The van der Waals surface area contributed by atoms with Crippen molar-refractivity contribution < 1.29 is 28.2 Å². The molecule has 1 aromatic carbocycles. The Morgan fingerprint density at radius 2 is 2.00 bits per heavy atom. The highest BCUT2D eigenvalue weighted by molar-refractivity contribution is 5.76. The van der Waals surface area contributed by atoms with Gasteiger partial charge in [-0.05, 0) is 50.3 Å². The summed E-state index contributed by atoms with van der Waals surface area (Å²) < 4.78 is 29.3. The van der Waals surface area contributed by atoms with Gasteiger partial charge in [0.2, 0.25) is 0 Å². The van der Waals surface area contributed by atoms with Gasteiger partial charge in [-0.1, -0.05) is 12.1 Å². The maximum atomic E-state index is 13.9. The summed E-state index contributed by atoms with van der Waals surface area (Å²) in [4.78, 5) is 24.0. The first-order valence-electron chi connectivity index (χ1n) is 10.3. The van der Waals surface area contributed by atoms with Crippen molar-refractivity contribution in [2.45, 2.75) is 44.9 Å². The topological polar surface area (TPSA) is 89.1 Å². The number of fused-ring (bicyclic) bond motifs is 1. The van der Waals surface area contributed by atoms with Gasteiger partial charge in [0, 0.05) is 6.04 Å². The molecule has 0 bridgehead atoms. The molecule has 8 nitrogen and oxygen atoms in total. The third-order valence-electron chi connectivity index (χ3n) is 5.73. The predicted molar refractivity (Wildman–Crippen MR) is 104 cm³/mol. The summed E-state index contributed by atoms with van der Waals surface area (Å²) in [5, 5.41) is 5.37. The Morgan fingerprint density at radius 3 is 2.73 bits per heavy atom. The molecule has 0 amide bonds. The van der Waals surface area contributed by atoms with Crippen LogP contribution in [-0.2, 0) is 19.0 Å². The number of benzene rings is 1. The highest BCUT2D eigenvalue weighted by atomic mass is 19.1. The first-order chi connectivity index (χ1) is 14.5. The van der Waals surface area contributed by atoms with E-state index in [-0.39, 0.29) is 42.3 Å². The number of esters is 1. The van der Waals surface area contributed by atoms with Crippen LogP contribution < -0.4 is 10.7 Å². The van der Waals surface area contributed by atoms with Gasteiger partial charge in [-0.3, -0.25) is 10.1 Å². The van der Waals surface area contributed by atoms with E-state index in [2.05, 4.69) is 10.7 Å². The first kappa shape index (κ1) is 20.6. The largest absolute Gasteiger partial charge is 0.513 e. The van der Waals surface area contributed by atoms with Gasteiger partial charge in [-0.2, -0.15) is 5.01 Å². The molecular weight excluding hydrogens is 393 g/mol. The molecule has 2 N–H and O–H groups in total. The summed E-state index contributed by atoms with van der Waals surface area (Å²) in [6.07, 6.45) is 1.76. The molecule has 30 heavy (non-hydrogen) atoms. The second kappa shape index (κ2) is 8.61. The third-order valence-corrected chi connectivity index (χ3v) is 5.73. The van der Waals surface area contributed by atoms with E-state index in [1.807, 2.05) is 11.1 Å². The van der Waals surface area contributed by atoms with E-state index >= 15 is 0 Å². The minimum atomic E-state index is -0.783. The number of nitrogens with zero attached hydrogens (tertiary/aromatic N) is 1. The van der Waals surface area contributed by atoms with Crippen LogP contribution in [0.15, 0.2) is 36.2 Å². The molecular formula is C21H26FN3O5. The average molecular weight is 419 g/mol. The molecule has 2 heterocycles. The van der Waals surface area contributed by atoms with Gasteiger partial charge < -0.3 is 19.6 Å². The summed E-state index contributed by atoms with van der Waals surface area (Å²) in [5.41, 5.74) is 3.92. The average Bonchev–Trinajstić information content (AvgIpc) is 3.43. The minimum Gasteiger partial charge on any atom is -0.466 e. The van der Waals surface area contributed by atoms with Crippen molar-refractivity contribution in [1.82, 2.24) is 15.8 Å². The fraction of sp³-hybridized carbons (Fsp3) is 0.524. The van der Waals surface area contributed by atoms with Crippen LogP contribution in [0.25, 0.3) is 0 Å². The molecule has 5 unspecified atom stereocenters. The predicted octanol–water partition coefficient (Wildman–Crippen LogP) is 2.59. The van der Waals surface area contributed by atoms with Crippen LogP contribution in [-0.4, -0.2) is 42.6 Å². The molecule has 2 aliphatic heterocycles. The molecule has 2 fully saturated rings. The van der Waals surface area contributed by atoms with E-state index in [4.69, 9.17) is 14.2 Å². The third kappa shape index (κ3) is 4.13. The van der Waals surface area contributed by atoms with Crippen molar-refractivity contribution in [3.05, 3.63) is 47.6 Å². The highest BCUT2D eigenvalue weighted by Crippen LogP contribution is 2.47. The van der Waals surface area contributed by atoms with Crippen molar-refractivity contribution in [1.29, 1.82) is 0 Å². The number of carbonyl (C=O) groups is 2. The standard InChI is InChI=1S/C21H26FN3O5/c1-3-28-20(26)15-9-14(15)16-10-17(12-6-5-7-13(22)8-12)25-19(24-16)18(11-23-25)30-21(27)29-4-2/h5-8,11,14-17,19,23-24H,3-4,9-10H2,1-2H3. The van der Waals surface area contributed by atoms with Crippen molar-refractivity contribution in [2.24, 2.45) is 11.8 Å². The Bertz CT molecular complexity index is 848. The molecule has 9 heteroatoms. The SMILES string of the molecule is CCOC(=O)OC1=CNN2C1NC(C1CC1C(=O)OCC)CC2c1cccc(F)c1. The van der Waals surface area contributed by atoms with E-state index in [0.717, 1.165) is 12.0 Å². The number of hydrogen-bond acceptors (Lipinski definition) is 8. The Hall–Kier alpha value is -2.65. The summed E-state index contributed by atoms with van der Waals surface area (Å²) in [6, 6.07) is 6.25. The zero-order valence-electron chi connectivity index (χ0n) is 17.0. The molecule has 0 radical (unpaired) electrons. The number of hydrazine groups is 1. The van der Waals surface area contributed by atoms with Crippen LogP contribution in [0.1, 0.15) is 38.3 Å². The first-order valence-corrected chi connectivity index (χ1v) is 10.3. The number of ether oxygens (including phenoxy) is 3. The van der Waals surface area contributed by atoms with Gasteiger partial charge in [-0.25, -0.2) is 9.18 Å². The summed E-state index contributed by atoms with van der Waals surface area (Å²) >= 11 is 0. The smallest absolute Gasteiger partial charge is 0.466 e. The van der Waals surface area contributed by atoms with E-state index in [1.54, 1.807) is 26.1 Å². The van der Waals surface area contributed by atoms with Gasteiger partial charge in [0.25, 0.3) is 0 Å². The van der Waals surface area contributed by atoms with Crippen molar-refractivity contribution in [3.8, 4) is 0 Å². The second-order valence-corrected chi connectivity index (χ2v) is 7.61. The molecule has 1 aromatic rings. The molecule has 0 aromatic heterocycles. The molecule has 1 saturated carbocycles. The lowest BCUT2D eigenvalue weighted by Crippen LogP contribution is -2.59. The van der Waals surface area contributed by atoms with Crippen LogP contribution in [0.2, 0.25) is 0 Å². The molecule has 1 saturated heterocycles. The Morgan fingerprint density at radius 1 is 1.20 bits per heavy atom. The molecule has 0 spiro atoms. The zero-order valence-corrected chi connectivity index (χ0v) is 17.0. The maximum absolute atomic E-state index is 13.9. The lowest BCUT2D eigenvalue weighted by atomic mass is 9.92. The van der Waals surface area contributed by atoms with Crippen molar-refractivity contribution in [2.75, 3.05) is 13.2 Å². The minimum absolute atomic E-state index is 0.0250. The number of nitrogens with one attached hydrogen (secondary N) is 2. The second-order valence-electron chi connectivity index (χ2n) is 7.61. The van der Waals surface area contributed by atoms with E-state index in [1.165, 1.54) is 12.1 Å². The Kier molecular flexibility index (Phi) is 5.92. The molecule has 162 valence electrons. The van der Waals surface area contributed by atoms with Gasteiger partial charge in [0.05, 0.1) is 31.4 Å². The number of halogens is 1. The number of carbonyl (C=O) groups excluding carboxylic acids is 2. The van der Waals surface area contributed by atoms with Crippen LogP contribution in [0.4, 0.5) is 9.18 Å². The maximum Gasteiger partial charge on any atom is 0.513 e. The van der Waals surface area contributed by atoms with E-state index < -0.39 is 12.3 Å². The van der Waals surface area contributed by atoms with Crippen molar-refractivity contribution >= 4 is 12.1 Å². The Labute approximate surface area is 174 Å². The van der Waals surface area contributed by atoms with Gasteiger partial charge in [-0.15, -0.1) is 0 Å². The van der Waals surface area contributed by atoms with Crippen LogP contribution >= 0.6 is 0 Å². The van der Waals surface area contributed by atoms with Gasteiger partial charge in [0.1, 0.15) is 12.0 Å². The van der Waals surface area contributed by atoms with Crippen LogP contribution in [0.3, 0.4) is 0 Å². The lowest BCUT2D eigenvalue weighted by molar-refractivity contribution is -0.145. The van der Waals surface area contributed by atoms with Crippen LogP contribution in [0, 0.1) is 17.7 Å². The highest BCUT2D eigenvalue weighted by Gasteiger charge is 2.53. The van der Waals surface area contributed by atoms with E-state index in [9.17, 15) is 14.0 Å². The van der Waals surface area contributed by atoms with Crippen LogP contribution in [0.5, 0.6) is 0 Å². The lowest BCUT2D eigenvalue weighted by Gasteiger charge is -2.43. The van der Waals surface area contributed by atoms with Gasteiger partial charge >= 0.3 is 12.1 Å². The number of rotatable bonds is 6. The fourth-order valence-corrected chi connectivity index (χ4v) is 4.30. The summed E-state index contributed by atoms with van der Waals surface area (Å²) in [7, 11) is 0. The molecule has 1 aliphatic carbocycles. The normalized spacial score (nSPS) is 30.0. The molecule has 5 atom stereocenters. The Balaban J connectivity index is 1.55. The fourth-order valence-electron chi connectivity index (χ4n) is 4.30. The van der Waals surface area contributed by atoms with Crippen molar-refractivity contribution in [3.63, 3.8) is 0 Å². The monoisotopic (exact) mass is 419 g/mol. The quantitative estimate of drug-likeness (QED) is 0.681. The van der Waals surface area contributed by atoms with Gasteiger partial charge in [0.15, 0.2) is 5.76 Å². The van der Waals surface area contributed by atoms with E-state index in [0.29, 0.717) is 18.8 Å².